The largest absolute Gasteiger partial charge is 0.488 e. The molecule has 2 unspecified atom stereocenters. The quantitative estimate of drug-likeness (QED) is 0.121. The maximum Gasteiger partial charge on any atom is 0.120 e. The van der Waals surface area contributed by atoms with Crippen molar-refractivity contribution in [3.63, 3.8) is 0 Å². The van der Waals surface area contributed by atoms with Gasteiger partial charge in [-0.05, 0) is 195 Å². The van der Waals surface area contributed by atoms with E-state index in [1.54, 1.807) is 0 Å². The van der Waals surface area contributed by atoms with Crippen molar-refractivity contribution in [2.75, 3.05) is 4.90 Å². The molecule has 0 spiro atoms. The molecule has 3 nitrogen and oxygen atoms in total. The number of hydrogen-bond donors (Lipinski definition) is 0. The smallest absolute Gasteiger partial charge is 0.120 e. The molecule has 1 aromatic heterocycles. The number of ether oxygens (including phenoxy) is 1. The molecule has 0 aliphatic heterocycles. The second-order valence-corrected chi connectivity index (χ2v) is 24.6. The summed E-state index contributed by atoms with van der Waals surface area (Å²) >= 11 is 0. The molecule has 0 N–H and O–H groups in total. The summed E-state index contributed by atoms with van der Waals surface area (Å²) in [6.07, 6.45) is 1.17. The molecule has 3 heteroatoms. The van der Waals surface area contributed by atoms with E-state index in [0.29, 0.717) is 11.8 Å². The molecule has 11 aromatic rings. The molecule has 392 valence electrons. The minimum absolute atomic E-state index is 0.122. The fourth-order valence-corrected chi connectivity index (χ4v) is 12.8. The lowest BCUT2D eigenvalue weighted by Gasteiger charge is -2.36. The monoisotopic (exact) mass is 1030 g/mol. The lowest BCUT2D eigenvalue weighted by molar-refractivity contribution is 0.131. The van der Waals surface area contributed by atoms with Gasteiger partial charge in [0.25, 0.3) is 0 Å². The van der Waals surface area contributed by atoms with Gasteiger partial charge in [0.1, 0.15) is 11.4 Å². The van der Waals surface area contributed by atoms with E-state index >= 15 is 0 Å². The van der Waals surface area contributed by atoms with E-state index < -0.39 is 0 Å². The fraction of sp³-hybridized carbons (Fsp3) is 0.211. The number of nitrogens with zero attached hydrogens (tertiary/aromatic N) is 2. The third kappa shape index (κ3) is 9.75. The molecule has 79 heavy (non-hydrogen) atoms. The molecule has 1 aliphatic rings. The zero-order valence-corrected chi connectivity index (χ0v) is 47.6. The molecule has 0 saturated heterocycles. The Kier molecular flexibility index (Phi) is 13.1. The Morgan fingerprint density at radius 1 is 0.443 bits per heavy atom. The number of rotatable bonds is 12. The highest BCUT2D eigenvalue weighted by molar-refractivity contribution is 6.11. The van der Waals surface area contributed by atoms with Gasteiger partial charge in [0.05, 0.1) is 11.0 Å². The van der Waals surface area contributed by atoms with Crippen LogP contribution in [0.25, 0.3) is 83.1 Å². The van der Waals surface area contributed by atoms with E-state index in [2.05, 4.69) is 309 Å². The van der Waals surface area contributed by atoms with Crippen LogP contribution in [0, 0.1) is 11.3 Å². The van der Waals surface area contributed by atoms with Crippen molar-refractivity contribution >= 4 is 38.9 Å². The molecule has 0 saturated carbocycles. The molecule has 12 rings (SSSR count). The molecule has 0 bridgehead atoms. The minimum atomic E-state index is -0.288. The normalized spacial score (nSPS) is 13.7. The Balaban J connectivity index is 0.916. The van der Waals surface area contributed by atoms with Gasteiger partial charge in [0, 0.05) is 38.9 Å². The van der Waals surface area contributed by atoms with Crippen molar-refractivity contribution < 1.29 is 4.74 Å². The van der Waals surface area contributed by atoms with E-state index in [1.165, 1.54) is 84.0 Å². The summed E-state index contributed by atoms with van der Waals surface area (Å²) in [5, 5.41) is 2.42. The topological polar surface area (TPSA) is 17.4 Å². The Labute approximate surface area is 468 Å². The van der Waals surface area contributed by atoms with Crippen molar-refractivity contribution in [2.45, 2.75) is 92.6 Å². The summed E-state index contributed by atoms with van der Waals surface area (Å²) < 4.78 is 8.68. The van der Waals surface area contributed by atoms with E-state index in [-0.39, 0.29) is 16.4 Å². The van der Waals surface area contributed by atoms with Crippen molar-refractivity contribution in [1.29, 1.82) is 0 Å². The Hall–Kier alpha value is -8.40. The van der Waals surface area contributed by atoms with Crippen LogP contribution in [0.1, 0.15) is 98.3 Å². The van der Waals surface area contributed by atoms with Crippen LogP contribution in [0.5, 0.6) is 5.75 Å². The summed E-state index contributed by atoms with van der Waals surface area (Å²) in [5.74, 6) is 1.98. The first-order chi connectivity index (χ1) is 38.0. The predicted molar refractivity (Wildman–Crippen MR) is 337 cm³/mol. The van der Waals surface area contributed by atoms with Gasteiger partial charge in [-0.2, -0.15) is 0 Å². The second kappa shape index (κ2) is 20.1. The van der Waals surface area contributed by atoms with Crippen LogP contribution < -0.4 is 9.64 Å². The lowest BCUT2D eigenvalue weighted by atomic mass is 9.69. The first-order valence-electron chi connectivity index (χ1n) is 28.4. The van der Waals surface area contributed by atoms with Gasteiger partial charge in [0.2, 0.25) is 0 Å². The van der Waals surface area contributed by atoms with Gasteiger partial charge in [0.15, 0.2) is 0 Å². The highest BCUT2D eigenvalue weighted by Gasteiger charge is 2.36. The van der Waals surface area contributed by atoms with Crippen LogP contribution in [-0.4, -0.2) is 10.2 Å². The van der Waals surface area contributed by atoms with Crippen molar-refractivity contribution in [2.24, 2.45) is 11.3 Å². The van der Waals surface area contributed by atoms with E-state index in [9.17, 15) is 0 Å². The van der Waals surface area contributed by atoms with Crippen LogP contribution in [0.2, 0.25) is 0 Å². The molecule has 2 atom stereocenters. The maximum absolute atomic E-state index is 6.27. The van der Waals surface area contributed by atoms with Gasteiger partial charge < -0.3 is 14.2 Å². The Morgan fingerprint density at radius 2 is 0.886 bits per heavy atom. The zero-order valence-electron chi connectivity index (χ0n) is 47.6. The van der Waals surface area contributed by atoms with Crippen molar-refractivity contribution in [1.82, 2.24) is 4.57 Å². The van der Waals surface area contributed by atoms with Gasteiger partial charge in [-0.25, -0.2) is 0 Å². The average Bonchev–Trinajstić information content (AvgIpc) is 3.89. The minimum Gasteiger partial charge on any atom is -0.488 e. The summed E-state index contributed by atoms with van der Waals surface area (Å²) in [4.78, 5) is 2.41. The lowest BCUT2D eigenvalue weighted by Crippen LogP contribution is -2.24. The molecule has 0 fully saturated rings. The fourth-order valence-electron chi connectivity index (χ4n) is 12.8. The van der Waals surface area contributed by atoms with E-state index in [4.69, 9.17) is 4.74 Å². The first-order valence-corrected chi connectivity index (χ1v) is 28.4. The maximum atomic E-state index is 6.27. The number of anilines is 3. The second-order valence-electron chi connectivity index (χ2n) is 24.6. The SMILES string of the molecule is CCC(C)C(c1ccc(-c2ccc(-c3ccc4c(c3)c3cc(-c5ccc(N(c6ccc(-c7ccccc7)cc6)c6ccc7c(c6)C(C)(C)c6ccccc6-7)cc5)ccc3n4-c3ccc(OC(C)(C)C)cc3)cc2)cc1)C(C)(C)C. The molecule has 1 aliphatic carbocycles. The van der Waals surface area contributed by atoms with Crippen molar-refractivity contribution in [3.8, 4) is 67.1 Å². The number of benzene rings is 10. The van der Waals surface area contributed by atoms with Crippen molar-refractivity contribution in [3.05, 3.63) is 247 Å². The zero-order chi connectivity index (χ0) is 54.8. The molecule has 0 radical (unpaired) electrons. The van der Waals surface area contributed by atoms with Crippen LogP contribution in [0.4, 0.5) is 17.1 Å². The van der Waals surface area contributed by atoms with E-state index in [0.717, 1.165) is 45.1 Å². The molecule has 1 heterocycles. The van der Waals surface area contributed by atoms with Crippen LogP contribution in [-0.2, 0) is 5.41 Å². The highest BCUT2D eigenvalue weighted by Crippen LogP contribution is 2.51. The van der Waals surface area contributed by atoms with Crippen LogP contribution >= 0.6 is 0 Å². The van der Waals surface area contributed by atoms with Gasteiger partial charge in [-0.3, -0.25) is 0 Å². The molecule has 10 aromatic carbocycles. The average molecular weight is 1030 g/mol. The number of fused-ring (bicyclic) bond motifs is 6. The summed E-state index contributed by atoms with van der Waals surface area (Å²) in [6, 6.07) is 85.7. The standard InChI is InChI=1S/C76H72N2O/c1-11-50(2)73(74(3,4)5)57-27-25-53(26-28-57)52-21-23-55(24-22-52)58-33-45-71-67(47-58)68-48-59(34-46-72(68)78(71)62-39-42-64(43-40-62)79-75(6,7)8)56-31-37-61(38-32-56)77(60-35-29-54(30-36-60)51-17-13-12-14-18-51)63-41-44-66-65-19-15-16-20-69(65)76(9,10)70(66)49-63/h12-50,73H,11H2,1-10H3. The number of hydrogen-bond acceptors (Lipinski definition) is 2. The predicted octanol–water partition coefficient (Wildman–Crippen LogP) is 21.6. The third-order valence-corrected chi connectivity index (χ3v) is 16.8. The van der Waals surface area contributed by atoms with Crippen LogP contribution in [0.15, 0.2) is 231 Å². The highest BCUT2D eigenvalue weighted by atomic mass is 16.5. The Bertz CT molecular complexity index is 3980. The first kappa shape index (κ1) is 51.4. The molecular formula is C76H72N2O. The molecular weight excluding hydrogens is 957 g/mol. The number of aromatic nitrogens is 1. The van der Waals surface area contributed by atoms with Gasteiger partial charge in [-0.15, -0.1) is 0 Å². The van der Waals surface area contributed by atoms with Gasteiger partial charge in [-0.1, -0.05) is 200 Å². The molecule has 0 amide bonds. The Morgan fingerprint density at radius 3 is 1.41 bits per heavy atom. The van der Waals surface area contributed by atoms with Crippen LogP contribution in [0.3, 0.4) is 0 Å². The summed E-state index contributed by atoms with van der Waals surface area (Å²) in [7, 11) is 0. The van der Waals surface area contributed by atoms with Gasteiger partial charge >= 0.3 is 0 Å². The third-order valence-electron chi connectivity index (χ3n) is 16.8. The van der Waals surface area contributed by atoms with E-state index in [1.807, 2.05) is 0 Å². The summed E-state index contributed by atoms with van der Waals surface area (Å²) in [6.45, 7) is 22.8. The summed E-state index contributed by atoms with van der Waals surface area (Å²) in [5.41, 5.74) is 22.9.